The number of likely N-dealkylation sites (tertiary alicyclic amines) is 1. The van der Waals surface area contributed by atoms with Gasteiger partial charge in [-0.05, 0) is 82.3 Å². The number of nitrogens with zero attached hydrogens (tertiary/aromatic N) is 5. The molecule has 3 N–H and O–H groups in total. The van der Waals surface area contributed by atoms with Gasteiger partial charge >= 0.3 is 6.09 Å². The van der Waals surface area contributed by atoms with E-state index in [2.05, 4.69) is 31.6 Å². The number of hydrogen-bond acceptors (Lipinski definition) is 6. The van der Waals surface area contributed by atoms with Crippen LogP contribution in [-0.4, -0.2) is 66.8 Å². The maximum Gasteiger partial charge on any atom is 0.407 e. The molecule has 40 heavy (non-hydrogen) atoms. The highest BCUT2D eigenvalue weighted by molar-refractivity contribution is 5.98. The number of rotatable bonds is 5. The predicted molar refractivity (Wildman–Crippen MR) is 154 cm³/mol. The van der Waals surface area contributed by atoms with Crippen molar-refractivity contribution in [2.24, 2.45) is 18.7 Å². The molecule has 10 heteroatoms. The first-order valence-electron chi connectivity index (χ1n) is 14.0. The zero-order valence-electron chi connectivity index (χ0n) is 23.6. The van der Waals surface area contributed by atoms with Crippen molar-refractivity contribution in [2.75, 3.05) is 13.1 Å². The van der Waals surface area contributed by atoms with Crippen LogP contribution in [0.25, 0.3) is 33.6 Å². The number of imidazole rings is 1. The molecule has 4 heterocycles. The third kappa shape index (κ3) is 5.15. The Morgan fingerprint density at radius 3 is 2.70 bits per heavy atom. The van der Waals surface area contributed by atoms with E-state index in [1.165, 1.54) is 12.8 Å². The Bertz CT molecular complexity index is 1590. The smallest absolute Gasteiger partial charge is 0.407 e. The van der Waals surface area contributed by atoms with Crippen molar-refractivity contribution >= 4 is 34.1 Å². The molecule has 2 aliphatic rings. The highest BCUT2D eigenvalue weighted by atomic mass is 16.6. The molecule has 10 nitrogen and oxygen atoms in total. The first-order chi connectivity index (χ1) is 19.1. The monoisotopic (exact) mass is 543 g/mol. The maximum absolute atomic E-state index is 13.6. The van der Waals surface area contributed by atoms with Crippen LogP contribution in [-0.2, 0) is 18.3 Å². The van der Waals surface area contributed by atoms with E-state index in [9.17, 15) is 9.59 Å². The third-order valence-electron chi connectivity index (χ3n) is 7.81. The molecule has 2 amide bonds. The molecular formula is C30H37N7O3. The Morgan fingerprint density at radius 2 is 1.95 bits per heavy atom. The molecule has 2 atom stereocenters. The molecular weight excluding hydrogens is 506 g/mol. The fourth-order valence-corrected chi connectivity index (χ4v) is 5.53. The molecule has 0 unspecified atom stereocenters. The normalized spacial score (nSPS) is 19.8. The second-order valence-corrected chi connectivity index (χ2v) is 12.2. The van der Waals surface area contributed by atoms with E-state index in [1.807, 2.05) is 58.3 Å². The van der Waals surface area contributed by atoms with Gasteiger partial charge in [-0.2, -0.15) is 0 Å². The molecule has 1 aliphatic heterocycles. The van der Waals surface area contributed by atoms with Gasteiger partial charge in [-0.1, -0.05) is 0 Å². The van der Waals surface area contributed by atoms with E-state index in [0.29, 0.717) is 31.0 Å². The highest BCUT2D eigenvalue weighted by Gasteiger charge is 2.32. The number of amides is 2. The number of carbonyl (C=O) groups excluding carboxylic acids is 2. The lowest BCUT2D eigenvalue weighted by Crippen LogP contribution is -2.59. The fourth-order valence-electron chi connectivity index (χ4n) is 5.53. The Kier molecular flexibility index (Phi) is 6.53. The molecule has 0 spiro atoms. The van der Waals surface area contributed by atoms with E-state index < -0.39 is 11.7 Å². The third-order valence-corrected chi connectivity index (χ3v) is 7.81. The van der Waals surface area contributed by atoms with Gasteiger partial charge in [0, 0.05) is 49.9 Å². The number of nitrogens with two attached hydrogens (primary N) is 1. The molecule has 6 rings (SSSR count). The minimum Gasteiger partial charge on any atom is -0.444 e. The van der Waals surface area contributed by atoms with Crippen molar-refractivity contribution in [2.45, 2.75) is 64.3 Å². The van der Waals surface area contributed by atoms with Crippen LogP contribution in [0.2, 0.25) is 0 Å². The summed E-state index contributed by atoms with van der Waals surface area (Å²) in [7, 11) is 2.01. The summed E-state index contributed by atoms with van der Waals surface area (Å²) in [4.78, 5) is 37.3. The van der Waals surface area contributed by atoms with Gasteiger partial charge in [0.05, 0.1) is 22.8 Å². The standard InChI is InChI=1S/C30H37N7O3/c1-30(2,3)40-29(39)34-23-17-36(13-11-21(23)31)28(38)20-9-10-24-22(14-20)33-27(35(24)4)25-15-19-6-5-12-32-26(19)37(25)16-18-7-8-18/h5-6,9-10,12,14-15,18,21,23H,7-8,11,13,16-17,31H2,1-4H3,(H,34,39)/t21-,23+/m1/s1. The molecule has 1 aliphatic carbocycles. The van der Waals surface area contributed by atoms with Gasteiger partial charge in [0.25, 0.3) is 5.91 Å². The predicted octanol–water partition coefficient (Wildman–Crippen LogP) is 4.07. The van der Waals surface area contributed by atoms with Crippen LogP contribution in [0.5, 0.6) is 0 Å². The van der Waals surface area contributed by atoms with Crippen LogP contribution in [0.4, 0.5) is 4.79 Å². The van der Waals surface area contributed by atoms with Gasteiger partial charge in [0.1, 0.15) is 11.2 Å². The molecule has 1 saturated heterocycles. The van der Waals surface area contributed by atoms with Gasteiger partial charge in [0.2, 0.25) is 0 Å². The maximum atomic E-state index is 13.6. The lowest BCUT2D eigenvalue weighted by Gasteiger charge is -2.37. The summed E-state index contributed by atoms with van der Waals surface area (Å²) in [5.74, 6) is 1.43. The first kappa shape index (κ1) is 26.3. The van der Waals surface area contributed by atoms with E-state index in [-0.39, 0.29) is 18.0 Å². The summed E-state index contributed by atoms with van der Waals surface area (Å²) in [6.07, 6.45) is 4.38. The molecule has 1 saturated carbocycles. The van der Waals surface area contributed by atoms with Gasteiger partial charge in [0.15, 0.2) is 5.82 Å². The van der Waals surface area contributed by atoms with Crippen LogP contribution in [0.15, 0.2) is 42.6 Å². The molecule has 2 fully saturated rings. The number of benzene rings is 1. The van der Waals surface area contributed by atoms with Crippen molar-refractivity contribution in [3.8, 4) is 11.5 Å². The SMILES string of the molecule is Cn1c(-c2cc3cccnc3n2CC2CC2)nc2cc(C(=O)N3CC[C@@H](N)[C@@H](NC(=O)OC(C)(C)C)C3)ccc21. The van der Waals surface area contributed by atoms with Gasteiger partial charge in [-0.3, -0.25) is 4.79 Å². The van der Waals surface area contributed by atoms with Crippen LogP contribution in [0, 0.1) is 5.92 Å². The van der Waals surface area contributed by atoms with Crippen LogP contribution in [0.1, 0.15) is 50.4 Å². The number of pyridine rings is 1. The number of piperidine rings is 1. The van der Waals surface area contributed by atoms with Gasteiger partial charge in [-0.25, -0.2) is 14.8 Å². The highest BCUT2D eigenvalue weighted by Crippen LogP contribution is 2.36. The Morgan fingerprint density at radius 1 is 1.15 bits per heavy atom. The van der Waals surface area contributed by atoms with Crippen molar-refractivity contribution < 1.29 is 14.3 Å². The van der Waals surface area contributed by atoms with Crippen molar-refractivity contribution in [3.63, 3.8) is 0 Å². The zero-order chi connectivity index (χ0) is 28.2. The average molecular weight is 544 g/mol. The largest absolute Gasteiger partial charge is 0.444 e. The summed E-state index contributed by atoms with van der Waals surface area (Å²) >= 11 is 0. The summed E-state index contributed by atoms with van der Waals surface area (Å²) in [5, 5.41) is 3.95. The van der Waals surface area contributed by atoms with Crippen molar-refractivity contribution in [1.82, 2.24) is 29.3 Å². The van der Waals surface area contributed by atoms with Crippen LogP contribution >= 0.6 is 0 Å². The topological polar surface area (TPSA) is 120 Å². The number of fused-ring (bicyclic) bond motifs is 2. The molecule has 1 aromatic carbocycles. The average Bonchev–Trinajstić information content (AvgIpc) is 3.57. The minimum absolute atomic E-state index is 0.107. The number of ether oxygens (including phenoxy) is 1. The molecule has 210 valence electrons. The summed E-state index contributed by atoms with van der Waals surface area (Å²) in [6, 6.07) is 11.2. The van der Waals surface area contributed by atoms with Gasteiger partial charge in [-0.15, -0.1) is 0 Å². The van der Waals surface area contributed by atoms with Crippen molar-refractivity contribution in [1.29, 1.82) is 0 Å². The second-order valence-electron chi connectivity index (χ2n) is 12.2. The van der Waals surface area contributed by atoms with Gasteiger partial charge < -0.3 is 29.8 Å². The number of carbonyl (C=O) groups is 2. The minimum atomic E-state index is -0.613. The lowest BCUT2D eigenvalue weighted by atomic mass is 9.99. The van der Waals surface area contributed by atoms with Crippen LogP contribution < -0.4 is 11.1 Å². The second kappa shape index (κ2) is 9.92. The number of alkyl carbamates (subject to hydrolysis) is 1. The summed E-state index contributed by atoms with van der Waals surface area (Å²) in [5.41, 5.74) is 9.96. The Labute approximate surface area is 233 Å². The Balaban J connectivity index is 1.26. The van der Waals surface area contributed by atoms with Crippen molar-refractivity contribution in [3.05, 3.63) is 48.2 Å². The van der Waals surface area contributed by atoms with E-state index in [1.54, 1.807) is 4.90 Å². The van der Waals surface area contributed by atoms with E-state index in [4.69, 9.17) is 15.5 Å². The number of hydrogen-bond donors (Lipinski definition) is 2. The number of aryl methyl sites for hydroxylation is 1. The number of nitrogens with one attached hydrogen (secondary N) is 1. The first-order valence-corrected chi connectivity index (χ1v) is 14.0. The van der Waals surface area contributed by atoms with E-state index in [0.717, 1.165) is 40.1 Å². The fraction of sp³-hybridized carbons (Fsp3) is 0.467. The molecule has 0 radical (unpaired) electrons. The molecule has 3 aromatic heterocycles. The van der Waals surface area contributed by atoms with E-state index >= 15 is 0 Å². The quantitative estimate of drug-likeness (QED) is 0.392. The molecule has 0 bridgehead atoms. The zero-order valence-corrected chi connectivity index (χ0v) is 23.6. The molecule has 4 aromatic rings. The Hall–Kier alpha value is -3.92. The number of aromatic nitrogens is 4. The van der Waals surface area contributed by atoms with Crippen LogP contribution in [0.3, 0.4) is 0 Å². The lowest BCUT2D eigenvalue weighted by molar-refractivity contribution is 0.0437. The summed E-state index contributed by atoms with van der Waals surface area (Å²) in [6.45, 7) is 7.20. The summed E-state index contributed by atoms with van der Waals surface area (Å²) < 4.78 is 9.77.